The van der Waals surface area contributed by atoms with Gasteiger partial charge in [0.1, 0.15) is 6.33 Å². The Morgan fingerprint density at radius 2 is 2.00 bits per heavy atom. The van der Waals surface area contributed by atoms with Crippen molar-refractivity contribution < 1.29 is 4.79 Å². The number of thioether (sulfide) groups is 1. The number of piperidine rings is 1. The van der Waals surface area contributed by atoms with E-state index in [2.05, 4.69) is 15.1 Å². The topological polar surface area (TPSA) is 63.4 Å². The van der Waals surface area contributed by atoms with Gasteiger partial charge in [-0.2, -0.15) is 0 Å². The van der Waals surface area contributed by atoms with Crippen molar-refractivity contribution in [2.24, 2.45) is 0 Å². The van der Waals surface area contributed by atoms with Gasteiger partial charge in [-0.25, -0.2) is 14.5 Å². The number of nitrogens with zero attached hydrogens (tertiary/aromatic N) is 5. The molecule has 0 aliphatic carbocycles. The van der Waals surface area contributed by atoms with Crippen molar-refractivity contribution in [1.29, 1.82) is 0 Å². The lowest BCUT2D eigenvalue weighted by Crippen LogP contribution is -2.40. The molecule has 24 heavy (non-hydrogen) atoms. The molecule has 1 saturated heterocycles. The molecule has 1 atom stereocenters. The summed E-state index contributed by atoms with van der Waals surface area (Å²) in [4.78, 5) is 23.5. The number of aromatic nitrogens is 4. The van der Waals surface area contributed by atoms with Crippen LogP contribution in [0.5, 0.6) is 0 Å². The first kappa shape index (κ1) is 15.4. The van der Waals surface area contributed by atoms with E-state index in [1.807, 2.05) is 36.1 Å². The van der Waals surface area contributed by atoms with Gasteiger partial charge in [0.05, 0.1) is 10.8 Å². The van der Waals surface area contributed by atoms with Gasteiger partial charge in [0.2, 0.25) is 11.1 Å². The molecule has 4 rings (SSSR count). The molecule has 124 valence electrons. The lowest BCUT2D eigenvalue weighted by atomic mass is 10.1. The Morgan fingerprint density at radius 1 is 1.21 bits per heavy atom. The molecule has 1 amide bonds. The summed E-state index contributed by atoms with van der Waals surface area (Å²) in [6.07, 6.45) is 5.10. The molecule has 0 spiro atoms. The lowest BCUT2D eigenvalue weighted by Gasteiger charge is -2.28. The van der Waals surface area contributed by atoms with Crippen LogP contribution in [0, 0.1) is 0 Å². The molecule has 6 nitrogen and oxygen atoms in total. The minimum atomic E-state index is -0.181. The molecule has 0 saturated carbocycles. The molecule has 1 aliphatic heterocycles. The van der Waals surface area contributed by atoms with Crippen LogP contribution in [0.25, 0.3) is 16.6 Å². The number of benzene rings is 1. The maximum atomic E-state index is 12.6. The molecule has 0 N–H and O–H groups in total. The maximum Gasteiger partial charge on any atom is 0.235 e. The van der Waals surface area contributed by atoms with Crippen molar-refractivity contribution in [3.8, 4) is 0 Å². The number of amides is 1. The number of carbonyl (C=O) groups excluding carboxylic acids is 1. The van der Waals surface area contributed by atoms with Crippen LogP contribution in [-0.2, 0) is 4.79 Å². The SMILES string of the molecule is C[C@@H](Sc1nc2c3ccccc3ncn2n1)C(=O)N1CCCCC1. The normalized spacial score (nSPS) is 16.6. The summed E-state index contributed by atoms with van der Waals surface area (Å²) in [5.74, 6) is 0.182. The number of para-hydroxylation sites is 1. The van der Waals surface area contributed by atoms with E-state index in [9.17, 15) is 4.79 Å². The number of carbonyl (C=O) groups is 1. The highest BCUT2D eigenvalue weighted by atomic mass is 32.2. The van der Waals surface area contributed by atoms with Gasteiger partial charge in [0.15, 0.2) is 5.65 Å². The van der Waals surface area contributed by atoms with E-state index in [1.54, 1.807) is 10.8 Å². The third-order valence-corrected chi connectivity index (χ3v) is 5.30. The first-order valence-electron chi connectivity index (χ1n) is 8.28. The Labute approximate surface area is 144 Å². The van der Waals surface area contributed by atoms with Crippen LogP contribution in [0.1, 0.15) is 26.2 Å². The monoisotopic (exact) mass is 341 g/mol. The van der Waals surface area contributed by atoms with Crippen molar-refractivity contribution in [2.75, 3.05) is 13.1 Å². The van der Waals surface area contributed by atoms with Crippen molar-refractivity contribution in [1.82, 2.24) is 24.5 Å². The van der Waals surface area contributed by atoms with Gasteiger partial charge in [-0.05, 0) is 38.3 Å². The van der Waals surface area contributed by atoms with Gasteiger partial charge < -0.3 is 4.90 Å². The summed E-state index contributed by atoms with van der Waals surface area (Å²) in [6.45, 7) is 3.68. The van der Waals surface area contributed by atoms with Crippen LogP contribution in [0.2, 0.25) is 0 Å². The minimum Gasteiger partial charge on any atom is -0.342 e. The predicted molar refractivity (Wildman–Crippen MR) is 94.0 cm³/mol. The largest absolute Gasteiger partial charge is 0.342 e. The average molecular weight is 341 g/mol. The molecule has 2 aromatic heterocycles. The Hall–Kier alpha value is -2.15. The summed E-state index contributed by atoms with van der Waals surface area (Å²) >= 11 is 1.42. The van der Waals surface area contributed by atoms with E-state index < -0.39 is 0 Å². The molecule has 0 bridgehead atoms. The fourth-order valence-corrected chi connectivity index (χ4v) is 3.93. The summed E-state index contributed by atoms with van der Waals surface area (Å²) in [5, 5.41) is 5.87. The van der Waals surface area contributed by atoms with Crippen molar-refractivity contribution >= 4 is 34.2 Å². The van der Waals surface area contributed by atoms with Gasteiger partial charge in [0.25, 0.3) is 0 Å². The van der Waals surface area contributed by atoms with Gasteiger partial charge in [-0.3, -0.25) is 4.79 Å². The molecule has 0 unspecified atom stereocenters. The van der Waals surface area contributed by atoms with E-state index >= 15 is 0 Å². The van der Waals surface area contributed by atoms with Gasteiger partial charge in [-0.1, -0.05) is 23.9 Å². The second-order valence-corrected chi connectivity index (χ2v) is 7.38. The Morgan fingerprint density at radius 3 is 2.83 bits per heavy atom. The van der Waals surface area contributed by atoms with Crippen molar-refractivity contribution in [3.63, 3.8) is 0 Å². The molecule has 1 aliphatic rings. The fraction of sp³-hybridized carbons (Fsp3) is 0.412. The van der Waals surface area contributed by atoms with Gasteiger partial charge in [0, 0.05) is 18.5 Å². The molecule has 1 aromatic carbocycles. The highest BCUT2D eigenvalue weighted by Gasteiger charge is 2.24. The molecule has 0 radical (unpaired) electrons. The predicted octanol–water partition coefficient (Wildman–Crippen LogP) is 2.77. The summed E-state index contributed by atoms with van der Waals surface area (Å²) < 4.78 is 1.68. The molecule has 3 heterocycles. The molecule has 7 heteroatoms. The van der Waals surface area contributed by atoms with Crippen molar-refractivity contribution in [3.05, 3.63) is 30.6 Å². The van der Waals surface area contributed by atoms with E-state index in [-0.39, 0.29) is 11.2 Å². The zero-order valence-electron chi connectivity index (χ0n) is 13.6. The van der Waals surface area contributed by atoms with Gasteiger partial charge in [-0.15, -0.1) is 5.10 Å². The van der Waals surface area contributed by atoms with Crippen LogP contribution in [0.4, 0.5) is 0 Å². The lowest BCUT2D eigenvalue weighted by molar-refractivity contribution is -0.131. The van der Waals surface area contributed by atoms with Crippen LogP contribution in [-0.4, -0.2) is 48.7 Å². The molecule has 3 aromatic rings. The van der Waals surface area contributed by atoms with Crippen LogP contribution >= 0.6 is 11.8 Å². The second-order valence-electron chi connectivity index (χ2n) is 6.07. The summed E-state index contributed by atoms with van der Waals surface area (Å²) in [7, 11) is 0. The number of hydrogen-bond acceptors (Lipinski definition) is 5. The van der Waals surface area contributed by atoms with Crippen LogP contribution < -0.4 is 0 Å². The number of rotatable bonds is 3. The van der Waals surface area contributed by atoms with E-state index in [0.29, 0.717) is 5.16 Å². The third kappa shape index (κ3) is 2.84. The summed E-state index contributed by atoms with van der Waals surface area (Å²) in [5.41, 5.74) is 1.67. The van der Waals surface area contributed by atoms with E-state index in [4.69, 9.17) is 0 Å². The van der Waals surface area contributed by atoms with Crippen LogP contribution in [0.15, 0.2) is 35.7 Å². The number of hydrogen-bond donors (Lipinski definition) is 0. The Balaban J connectivity index is 1.58. The maximum absolute atomic E-state index is 12.6. The van der Waals surface area contributed by atoms with E-state index in [1.165, 1.54) is 18.2 Å². The third-order valence-electron chi connectivity index (χ3n) is 4.36. The number of fused-ring (bicyclic) bond motifs is 3. The zero-order valence-corrected chi connectivity index (χ0v) is 14.4. The number of likely N-dealkylation sites (tertiary alicyclic amines) is 1. The molecular formula is C17H19N5OS. The van der Waals surface area contributed by atoms with Crippen molar-refractivity contribution in [2.45, 2.75) is 36.6 Å². The molecule has 1 fully saturated rings. The van der Waals surface area contributed by atoms with E-state index in [0.717, 1.165) is 42.5 Å². The van der Waals surface area contributed by atoms with Crippen LogP contribution in [0.3, 0.4) is 0 Å². The standard InChI is InChI=1S/C17H19N5OS/c1-12(16(23)21-9-5-2-6-10-21)24-17-19-15-13-7-3-4-8-14(13)18-11-22(15)20-17/h3-4,7-8,11-12H,2,5-6,9-10H2,1H3/t12-/m1/s1. The highest BCUT2D eigenvalue weighted by Crippen LogP contribution is 2.25. The fourth-order valence-electron chi connectivity index (χ4n) is 3.09. The second kappa shape index (κ2) is 6.39. The highest BCUT2D eigenvalue weighted by molar-refractivity contribution is 8.00. The first-order chi connectivity index (χ1) is 11.7. The Bertz CT molecular complexity index is 887. The zero-order chi connectivity index (χ0) is 16.5. The van der Waals surface area contributed by atoms with Gasteiger partial charge >= 0.3 is 0 Å². The average Bonchev–Trinajstić information content (AvgIpc) is 3.04. The Kier molecular flexibility index (Phi) is 4.10. The first-order valence-corrected chi connectivity index (χ1v) is 9.16. The molecular weight excluding hydrogens is 322 g/mol. The summed E-state index contributed by atoms with van der Waals surface area (Å²) in [6, 6.07) is 7.87. The smallest absolute Gasteiger partial charge is 0.235 e. The minimum absolute atomic E-state index is 0.181. The quantitative estimate of drug-likeness (QED) is 0.686.